The number of carbonyl (C=O) groups excluding carboxylic acids is 2. The maximum atomic E-state index is 11.2. The largest absolute Gasteiger partial charge is 0.478 e. The number of methoxy groups -OCH3 is 2. The number of carboxylic acids is 1. The first-order valence-corrected chi connectivity index (χ1v) is 22.7. The molecule has 0 saturated carbocycles. The van der Waals surface area contributed by atoms with Crippen LogP contribution in [-0.4, -0.2) is 54.1 Å². The van der Waals surface area contributed by atoms with Crippen LogP contribution in [-0.2, 0) is 9.47 Å². The van der Waals surface area contributed by atoms with Gasteiger partial charge >= 0.3 is 17.9 Å². The minimum absolute atomic E-state index is 0.242. The van der Waals surface area contributed by atoms with Gasteiger partial charge < -0.3 is 14.6 Å². The van der Waals surface area contributed by atoms with Gasteiger partial charge in [-0.05, 0) is 131 Å². The summed E-state index contributed by atoms with van der Waals surface area (Å²) in [5, 5.41) is 8.58. The average Bonchev–Trinajstić information content (AvgIpc) is 3.09. The van der Waals surface area contributed by atoms with E-state index in [2.05, 4.69) is 124 Å². The Morgan fingerprint density at radius 2 is 1.12 bits per heavy atom. The van der Waals surface area contributed by atoms with Crippen molar-refractivity contribution in [2.24, 2.45) is 0 Å². The van der Waals surface area contributed by atoms with Gasteiger partial charge in [0.1, 0.15) is 8.07 Å². The van der Waals surface area contributed by atoms with Gasteiger partial charge in [0.15, 0.2) is 0 Å². The molecule has 0 saturated heterocycles. The number of hydrogen-bond donors (Lipinski definition) is 1. The van der Waals surface area contributed by atoms with Gasteiger partial charge in [-0.1, -0.05) is 50.5 Å². The van der Waals surface area contributed by atoms with E-state index < -0.39 is 22.8 Å². The molecule has 0 aliphatic rings. The Hall–Kier alpha value is -5.41. The zero-order valence-corrected chi connectivity index (χ0v) is 33.5. The number of aromatic carboxylic acids is 1. The Balaban J connectivity index is 0.000000668. The summed E-state index contributed by atoms with van der Waals surface area (Å²) in [7, 11) is 0.918. The molecule has 0 fully saturated rings. The molecule has 0 amide bonds. The number of benzene rings is 3. The van der Waals surface area contributed by atoms with Crippen LogP contribution in [0.25, 0.3) is 0 Å². The lowest BCUT2D eigenvalue weighted by Gasteiger charge is -2.01. The van der Waals surface area contributed by atoms with Gasteiger partial charge in [-0.2, -0.15) is 0 Å². The third-order valence-electron chi connectivity index (χ3n) is 5.36. The summed E-state index contributed by atoms with van der Waals surface area (Å²) in [4.78, 5) is 32.6. The molecule has 254 valence electrons. The van der Waals surface area contributed by atoms with Crippen molar-refractivity contribution >= 4 is 57.4 Å². The minimum atomic E-state index is -1.35. The fourth-order valence-corrected chi connectivity index (χ4v) is 4.25. The van der Waals surface area contributed by atoms with E-state index in [4.69, 9.17) is 18.0 Å². The highest BCUT2D eigenvalue weighted by Crippen LogP contribution is 2.07. The number of esters is 2. The van der Waals surface area contributed by atoms with Gasteiger partial charge in [0.2, 0.25) is 0 Å². The van der Waals surface area contributed by atoms with E-state index in [1.165, 1.54) is 26.4 Å². The highest BCUT2D eigenvalue weighted by Gasteiger charge is 2.07. The number of hydrogen-bond acceptors (Lipinski definition) is 5. The van der Waals surface area contributed by atoms with Crippen LogP contribution in [0.15, 0.2) is 72.8 Å². The van der Waals surface area contributed by atoms with Crippen molar-refractivity contribution in [3.05, 3.63) is 104 Å². The molecule has 3 aromatic rings. The smallest absolute Gasteiger partial charge is 0.337 e. The lowest BCUT2D eigenvalue weighted by atomic mass is 10.1. The number of ether oxygens (including phenoxy) is 2. The predicted octanol–water partition coefficient (Wildman–Crippen LogP) is 7.26. The second kappa shape index (κ2) is 25.6. The fraction of sp³-hybridized carbons (Fsp3) is 0.195. The summed E-state index contributed by atoms with van der Waals surface area (Å²) in [5.41, 5.74) is 6.08. The zero-order valence-electron chi connectivity index (χ0n) is 29.2. The first-order chi connectivity index (χ1) is 23.7. The molecular weight excluding hydrogens is 772 g/mol. The molecule has 6 nitrogen and oxygen atoms in total. The highest BCUT2D eigenvalue weighted by atomic mass is 127. The highest BCUT2D eigenvalue weighted by molar-refractivity contribution is 14.1. The van der Waals surface area contributed by atoms with Crippen molar-refractivity contribution in [3.63, 3.8) is 0 Å². The van der Waals surface area contributed by atoms with E-state index in [-0.39, 0.29) is 17.5 Å². The van der Waals surface area contributed by atoms with Crippen molar-refractivity contribution in [1.29, 1.82) is 0 Å². The molecule has 3 rings (SSSR count). The van der Waals surface area contributed by atoms with Crippen LogP contribution in [0, 0.1) is 75.2 Å². The third kappa shape index (κ3) is 22.2. The monoisotopic (exact) mass is 810 g/mol. The molecule has 9 heteroatoms. The third-order valence-corrected chi connectivity index (χ3v) is 7.97. The molecule has 0 unspecified atom stereocenters. The van der Waals surface area contributed by atoms with E-state index in [0.29, 0.717) is 16.7 Å². The molecule has 50 heavy (non-hydrogen) atoms. The second-order valence-corrected chi connectivity index (χ2v) is 20.3. The number of carboxylic acid groups (broad SMARTS) is 1. The van der Waals surface area contributed by atoms with Gasteiger partial charge in [0.05, 0.1) is 30.9 Å². The minimum Gasteiger partial charge on any atom is -0.478 e. The SMILES string of the molecule is C#CC#CC[SiH](C)C.C#CC#Cc1ccc(C(=O)O)cc1.COC(=O)c1ccc(C#CC#C[Si](C)(C)C)cc1.COC(=O)c1ccc(I)cc1. The first-order valence-electron chi connectivity index (χ1n) is 15.0. The van der Waals surface area contributed by atoms with Crippen LogP contribution in [0.5, 0.6) is 0 Å². The van der Waals surface area contributed by atoms with Crippen LogP contribution in [0.4, 0.5) is 0 Å². The standard InChI is InChI=1S/C15H16O2Si.C11H6O2.C8H7IO2.C7H10Si/c1-17-15(16)14-10-8-13(9-11-14)7-5-6-12-18(2,3)4;1-2-3-4-9-5-7-10(8-6-9)11(12)13;1-11-8(10)6-2-4-7(9)5-3-6;1-4-5-6-7-8(2)3/h8-11H,1-4H3;1,5-8H,(H,12,13);2-5H,1H3;1,8H,7H2,2-3H3. The van der Waals surface area contributed by atoms with Crippen molar-refractivity contribution in [2.75, 3.05) is 14.2 Å². The average molecular weight is 811 g/mol. The molecule has 3 aromatic carbocycles. The topological polar surface area (TPSA) is 89.9 Å². The molecule has 0 heterocycles. The summed E-state index contributed by atoms with van der Waals surface area (Å²) in [6.45, 7) is 11.0. The van der Waals surface area contributed by atoms with Crippen LogP contribution in [0.2, 0.25) is 38.8 Å². The molecule has 0 bridgehead atoms. The van der Waals surface area contributed by atoms with E-state index >= 15 is 0 Å². The van der Waals surface area contributed by atoms with Crippen LogP contribution < -0.4 is 0 Å². The Kier molecular flexibility index (Phi) is 22.8. The lowest BCUT2D eigenvalue weighted by molar-refractivity contribution is 0.0592. The molecule has 0 aromatic heterocycles. The van der Waals surface area contributed by atoms with Crippen molar-refractivity contribution < 1.29 is 29.0 Å². The van der Waals surface area contributed by atoms with Gasteiger partial charge in [-0.15, -0.1) is 18.4 Å². The number of halogens is 1. The maximum absolute atomic E-state index is 11.2. The fourth-order valence-electron chi connectivity index (χ4n) is 2.94. The van der Waals surface area contributed by atoms with E-state index in [1.807, 2.05) is 12.1 Å². The quantitative estimate of drug-likeness (QED) is 0.129. The molecule has 0 aliphatic heterocycles. The summed E-state index contributed by atoms with van der Waals surface area (Å²) in [6, 6.07) is 21.5. The zero-order chi connectivity index (χ0) is 38.0. The van der Waals surface area contributed by atoms with Crippen molar-refractivity contribution in [3.8, 4) is 71.7 Å². The lowest BCUT2D eigenvalue weighted by Crippen LogP contribution is -2.16. The van der Waals surface area contributed by atoms with Gasteiger partial charge in [0, 0.05) is 29.5 Å². The van der Waals surface area contributed by atoms with Crippen LogP contribution >= 0.6 is 22.6 Å². The van der Waals surface area contributed by atoms with E-state index in [1.54, 1.807) is 48.5 Å². The predicted molar refractivity (Wildman–Crippen MR) is 216 cm³/mol. The number of rotatable bonds is 4. The summed E-state index contributed by atoms with van der Waals surface area (Å²) < 4.78 is 10.3. The number of carbonyl (C=O) groups is 3. The Bertz CT molecular complexity index is 1900. The van der Waals surface area contributed by atoms with Gasteiger partial charge in [0.25, 0.3) is 0 Å². The van der Waals surface area contributed by atoms with Crippen molar-refractivity contribution in [2.45, 2.75) is 38.8 Å². The van der Waals surface area contributed by atoms with Crippen molar-refractivity contribution in [1.82, 2.24) is 0 Å². The Morgan fingerprint density at radius 1 is 0.700 bits per heavy atom. The van der Waals surface area contributed by atoms with Gasteiger partial charge in [-0.3, -0.25) is 0 Å². The molecule has 0 radical (unpaired) electrons. The first kappa shape index (κ1) is 44.6. The molecular formula is C41H39IO6Si2. The van der Waals surface area contributed by atoms with E-state index in [9.17, 15) is 14.4 Å². The normalized spacial score (nSPS) is 8.70. The Labute approximate surface area is 313 Å². The van der Waals surface area contributed by atoms with E-state index in [0.717, 1.165) is 15.2 Å². The molecule has 0 aliphatic carbocycles. The number of terminal acetylenes is 2. The Morgan fingerprint density at radius 3 is 1.50 bits per heavy atom. The van der Waals surface area contributed by atoms with Gasteiger partial charge in [-0.25, -0.2) is 14.4 Å². The van der Waals surface area contributed by atoms with Crippen LogP contribution in [0.3, 0.4) is 0 Å². The molecule has 1 N–H and O–H groups in total. The summed E-state index contributed by atoms with van der Waals surface area (Å²) >= 11 is 2.18. The molecule has 0 spiro atoms. The summed E-state index contributed by atoms with van der Waals surface area (Å²) in [5.74, 6) is 22.2. The molecule has 0 atom stereocenters. The summed E-state index contributed by atoms with van der Waals surface area (Å²) in [6.07, 6.45) is 9.84. The second-order valence-electron chi connectivity index (χ2n) is 11.1. The maximum Gasteiger partial charge on any atom is 0.337 e. The van der Waals surface area contributed by atoms with Crippen LogP contribution in [0.1, 0.15) is 42.2 Å².